The van der Waals surface area contributed by atoms with E-state index in [1.807, 2.05) is 0 Å². The first-order chi connectivity index (χ1) is 12.2. The number of nitrogens with zero attached hydrogens (tertiary/aromatic N) is 2. The molecule has 0 radical (unpaired) electrons. The number of morpholine rings is 1. The Hall–Kier alpha value is -1.22. The van der Waals surface area contributed by atoms with Gasteiger partial charge in [0.2, 0.25) is 0 Å². The second-order valence-corrected chi connectivity index (χ2v) is 7.06. The molecule has 1 fully saturated rings. The number of nitrogens with one attached hydrogen (secondary N) is 1. The third kappa shape index (κ3) is 6.41. The molecule has 9 heteroatoms. The number of benzene rings is 1. The highest BCUT2D eigenvalue weighted by Crippen LogP contribution is 2.22. The Kier molecular flexibility index (Phi) is 10.2. The van der Waals surface area contributed by atoms with E-state index in [0.29, 0.717) is 18.8 Å². The van der Waals surface area contributed by atoms with E-state index in [1.165, 1.54) is 22.5 Å². The number of thiazole rings is 1. The fourth-order valence-electron chi connectivity index (χ4n) is 2.92. The molecule has 0 spiro atoms. The molecule has 0 saturated carbocycles. The van der Waals surface area contributed by atoms with Gasteiger partial charge in [0, 0.05) is 31.6 Å². The molecule has 6 nitrogen and oxygen atoms in total. The average Bonchev–Trinajstić information content (AvgIpc) is 3.13. The van der Waals surface area contributed by atoms with Gasteiger partial charge in [-0.1, -0.05) is 29.8 Å². The summed E-state index contributed by atoms with van der Waals surface area (Å²) in [6.07, 6.45) is 0. The van der Waals surface area contributed by atoms with Crippen molar-refractivity contribution >= 4 is 42.1 Å². The Labute approximate surface area is 176 Å². The molecule has 0 bridgehead atoms. The van der Waals surface area contributed by atoms with Gasteiger partial charge in [-0.3, -0.25) is 9.69 Å². The standard InChI is InChI=1S/C18H24N4O2S.2ClH/c1-13-2-4-14(5-3-13)16(22-6-8-24-9-7-22)11-20-18(23)15-12-25-17(10-19)21-15;;/h2-5,12,16H,6-11,19H2,1H3,(H,20,23);2*1H. The predicted molar refractivity (Wildman–Crippen MR) is 113 cm³/mol. The zero-order chi connectivity index (χ0) is 17.6. The minimum absolute atomic E-state index is 0. The molecule has 1 aromatic carbocycles. The summed E-state index contributed by atoms with van der Waals surface area (Å²) in [6, 6.07) is 8.62. The van der Waals surface area contributed by atoms with E-state index < -0.39 is 0 Å². The molecule has 1 aliphatic heterocycles. The SMILES string of the molecule is Cc1ccc(C(CNC(=O)c2csc(CN)n2)N2CCOCC2)cc1.Cl.Cl. The van der Waals surface area contributed by atoms with Gasteiger partial charge >= 0.3 is 0 Å². The Bertz CT molecular complexity index is 706. The molecule has 2 aromatic rings. The lowest BCUT2D eigenvalue weighted by molar-refractivity contribution is 0.0162. The number of hydrogen-bond donors (Lipinski definition) is 2. The Morgan fingerprint density at radius 3 is 2.56 bits per heavy atom. The summed E-state index contributed by atoms with van der Waals surface area (Å²) in [4.78, 5) is 19.0. The van der Waals surface area contributed by atoms with Crippen molar-refractivity contribution in [3.8, 4) is 0 Å². The highest BCUT2D eigenvalue weighted by molar-refractivity contribution is 7.09. The summed E-state index contributed by atoms with van der Waals surface area (Å²) < 4.78 is 5.47. The quantitative estimate of drug-likeness (QED) is 0.732. The topological polar surface area (TPSA) is 80.5 Å². The van der Waals surface area contributed by atoms with Gasteiger partial charge < -0.3 is 15.8 Å². The maximum absolute atomic E-state index is 12.4. The maximum atomic E-state index is 12.4. The highest BCUT2D eigenvalue weighted by atomic mass is 35.5. The van der Waals surface area contributed by atoms with Crippen LogP contribution in [0, 0.1) is 6.92 Å². The summed E-state index contributed by atoms with van der Waals surface area (Å²) in [5.41, 5.74) is 8.44. The number of rotatable bonds is 6. The Balaban J connectivity index is 0.00000182. The van der Waals surface area contributed by atoms with E-state index in [9.17, 15) is 4.79 Å². The summed E-state index contributed by atoms with van der Waals surface area (Å²) in [5.74, 6) is -0.152. The largest absolute Gasteiger partial charge is 0.379 e. The molecule has 3 N–H and O–H groups in total. The van der Waals surface area contributed by atoms with Crippen LogP contribution in [0.2, 0.25) is 0 Å². The average molecular weight is 433 g/mol. The maximum Gasteiger partial charge on any atom is 0.270 e. The van der Waals surface area contributed by atoms with Crippen LogP contribution < -0.4 is 11.1 Å². The van der Waals surface area contributed by atoms with Crippen LogP contribution in [-0.4, -0.2) is 48.6 Å². The van der Waals surface area contributed by atoms with Crippen molar-refractivity contribution < 1.29 is 9.53 Å². The van der Waals surface area contributed by atoms with Crippen molar-refractivity contribution in [2.24, 2.45) is 5.73 Å². The Morgan fingerprint density at radius 1 is 1.30 bits per heavy atom. The van der Waals surface area contributed by atoms with Gasteiger partial charge in [0.05, 0.1) is 19.3 Å². The van der Waals surface area contributed by atoms with Gasteiger partial charge in [-0.15, -0.1) is 36.2 Å². The summed E-state index contributed by atoms with van der Waals surface area (Å²) in [6.45, 7) is 6.15. The van der Waals surface area contributed by atoms with Crippen LogP contribution in [0.25, 0.3) is 0 Å². The van der Waals surface area contributed by atoms with Gasteiger partial charge in [-0.05, 0) is 12.5 Å². The number of carbonyl (C=O) groups excluding carboxylic acids is 1. The van der Waals surface area contributed by atoms with Crippen molar-refractivity contribution in [2.45, 2.75) is 19.5 Å². The van der Waals surface area contributed by atoms with Crippen molar-refractivity contribution in [1.29, 1.82) is 0 Å². The molecule has 1 atom stereocenters. The van der Waals surface area contributed by atoms with Crippen molar-refractivity contribution in [2.75, 3.05) is 32.8 Å². The van der Waals surface area contributed by atoms with Crippen molar-refractivity contribution in [3.63, 3.8) is 0 Å². The number of aryl methyl sites for hydroxylation is 1. The third-order valence-electron chi connectivity index (χ3n) is 4.36. The zero-order valence-electron chi connectivity index (χ0n) is 15.2. The van der Waals surface area contributed by atoms with Crippen LogP contribution in [0.3, 0.4) is 0 Å². The van der Waals surface area contributed by atoms with Crippen LogP contribution >= 0.6 is 36.2 Å². The first kappa shape index (κ1) is 23.8. The third-order valence-corrected chi connectivity index (χ3v) is 5.23. The van der Waals surface area contributed by atoms with E-state index in [1.54, 1.807) is 5.38 Å². The van der Waals surface area contributed by atoms with Crippen LogP contribution in [0.1, 0.15) is 32.7 Å². The lowest BCUT2D eigenvalue weighted by Crippen LogP contribution is -2.43. The molecule has 1 saturated heterocycles. The van der Waals surface area contributed by atoms with Crippen LogP contribution in [0.15, 0.2) is 29.6 Å². The minimum Gasteiger partial charge on any atom is -0.379 e. The van der Waals surface area contributed by atoms with E-state index in [2.05, 4.69) is 46.4 Å². The Morgan fingerprint density at radius 2 is 1.96 bits per heavy atom. The smallest absolute Gasteiger partial charge is 0.270 e. The van der Waals surface area contributed by atoms with Crippen LogP contribution in [0.5, 0.6) is 0 Å². The van der Waals surface area contributed by atoms with Crippen LogP contribution in [-0.2, 0) is 11.3 Å². The number of ether oxygens (including phenoxy) is 1. The normalized spacial score (nSPS) is 15.3. The first-order valence-corrected chi connectivity index (χ1v) is 9.36. The van der Waals surface area contributed by atoms with E-state index in [4.69, 9.17) is 10.5 Å². The number of aromatic nitrogens is 1. The summed E-state index contributed by atoms with van der Waals surface area (Å²) in [7, 11) is 0. The number of amides is 1. The van der Waals surface area contributed by atoms with Gasteiger partial charge in [0.1, 0.15) is 10.7 Å². The second kappa shape index (κ2) is 11.6. The molecule has 0 aliphatic carbocycles. The number of halogens is 2. The molecule has 1 amide bonds. The molecule has 3 rings (SSSR count). The van der Waals surface area contributed by atoms with Gasteiger partial charge in [0.15, 0.2) is 0 Å². The van der Waals surface area contributed by atoms with E-state index in [-0.39, 0.29) is 36.8 Å². The van der Waals surface area contributed by atoms with Gasteiger partial charge in [0.25, 0.3) is 5.91 Å². The molecular formula is C18H26Cl2N4O2S. The summed E-state index contributed by atoms with van der Waals surface area (Å²) >= 11 is 1.41. The van der Waals surface area contributed by atoms with E-state index in [0.717, 1.165) is 31.3 Å². The van der Waals surface area contributed by atoms with Crippen LogP contribution in [0.4, 0.5) is 0 Å². The number of nitrogens with two attached hydrogens (primary N) is 1. The van der Waals surface area contributed by atoms with Gasteiger partial charge in [-0.25, -0.2) is 4.98 Å². The predicted octanol–water partition coefficient (Wildman–Crippen LogP) is 2.56. The van der Waals surface area contributed by atoms with Crippen molar-refractivity contribution in [1.82, 2.24) is 15.2 Å². The number of carbonyl (C=O) groups is 1. The molecule has 1 aromatic heterocycles. The first-order valence-electron chi connectivity index (χ1n) is 8.48. The summed E-state index contributed by atoms with van der Waals surface area (Å²) in [5, 5.41) is 5.56. The molecule has 1 unspecified atom stereocenters. The van der Waals surface area contributed by atoms with E-state index >= 15 is 0 Å². The molecular weight excluding hydrogens is 407 g/mol. The lowest BCUT2D eigenvalue weighted by Gasteiger charge is -2.35. The molecule has 2 heterocycles. The molecule has 27 heavy (non-hydrogen) atoms. The molecule has 150 valence electrons. The zero-order valence-corrected chi connectivity index (χ0v) is 17.7. The monoisotopic (exact) mass is 432 g/mol. The fourth-order valence-corrected chi connectivity index (χ4v) is 3.58. The number of hydrogen-bond acceptors (Lipinski definition) is 6. The second-order valence-electron chi connectivity index (χ2n) is 6.12. The van der Waals surface area contributed by atoms with Crippen molar-refractivity contribution in [3.05, 3.63) is 51.5 Å². The molecule has 1 aliphatic rings. The minimum atomic E-state index is -0.152. The fraction of sp³-hybridized carbons (Fsp3) is 0.444. The van der Waals surface area contributed by atoms with Gasteiger partial charge in [-0.2, -0.15) is 0 Å². The highest BCUT2D eigenvalue weighted by Gasteiger charge is 2.23. The lowest BCUT2D eigenvalue weighted by atomic mass is 10.0.